The Hall–Kier alpha value is -1.34. The average Bonchev–Trinajstić information content (AvgIpc) is 2.67. The van der Waals surface area contributed by atoms with Crippen LogP contribution in [-0.2, 0) is 4.79 Å². The van der Waals surface area contributed by atoms with Gasteiger partial charge in [-0.1, -0.05) is 0 Å². The molecule has 2 unspecified atom stereocenters. The Morgan fingerprint density at radius 1 is 1.30 bits per heavy atom. The molecule has 0 aromatic carbocycles. The molecule has 1 saturated heterocycles. The maximum atomic E-state index is 12.3. The summed E-state index contributed by atoms with van der Waals surface area (Å²) in [5.74, 6) is -0.854. The summed E-state index contributed by atoms with van der Waals surface area (Å²) in [4.78, 5) is 28.0. The molecule has 20 heavy (non-hydrogen) atoms. The number of urea groups is 1. The van der Waals surface area contributed by atoms with E-state index in [1.165, 1.54) is 4.90 Å². The molecule has 0 radical (unpaired) electrons. The number of aliphatic carboxylic acids is 1. The second kappa shape index (κ2) is 7.44. The molecule has 2 N–H and O–H groups in total. The lowest BCUT2D eigenvalue weighted by Gasteiger charge is -2.30. The number of rotatable bonds is 6. The fourth-order valence-electron chi connectivity index (χ4n) is 2.50. The Balaban J connectivity index is 2.52. The first-order chi connectivity index (χ1) is 9.31. The number of likely N-dealkylation sites (N-methyl/N-ethyl adjacent to an activating group) is 1. The average molecular weight is 287 g/mol. The van der Waals surface area contributed by atoms with Gasteiger partial charge in [0.15, 0.2) is 0 Å². The van der Waals surface area contributed by atoms with Crippen molar-refractivity contribution in [3.8, 4) is 0 Å². The fourth-order valence-corrected chi connectivity index (χ4v) is 2.50. The summed E-state index contributed by atoms with van der Waals surface area (Å²) in [6.07, 6.45) is 0.608. The number of carboxylic acid groups (broad SMARTS) is 1. The van der Waals surface area contributed by atoms with Crippen LogP contribution >= 0.6 is 0 Å². The monoisotopic (exact) mass is 287 g/mol. The van der Waals surface area contributed by atoms with Crippen molar-refractivity contribution in [2.45, 2.75) is 31.4 Å². The molecule has 0 bridgehead atoms. The van der Waals surface area contributed by atoms with E-state index in [0.29, 0.717) is 32.5 Å². The predicted molar refractivity (Wildman–Crippen MR) is 74.6 cm³/mol. The van der Waals surface area contributed by atoms with Crippen LogP contribution in [0, 0.1) is 0 Å². The Labute approximate surface area is 119 Å². The number of amides is 2. The molecule has 7 nitrogen and oxygen atoms in total. The number of β-amino-alcohol motifs (C(OH)–C–C–N with tert-alkyl or cyclic N) is 1. The van der Waals surface area contributed by atoms with Crippen LogP contribution in [0.1, 0.15) is 19.3 Å². The van der Waals surface area contributed by atoms with Gasteiger partial charge in [-0.2, -0.15) is 0 Å². The Morgan fingerprint density at radius 2 is 1.95 bits per heavy atom. The molecule has 0 saturated carbocycles. The van der Waals surface area contributed by atoms with Crippen molar-refractivity contribution in [2.75, 3.05) is 40.8 Å². The smallest absolute Gasteiger partial charge is 0.320 e. The molecular weight excluding hydrogens is 262 g/mol. The van der Waals surface area contributed by atoms with Gasteiger partial charge in [-0.25, -0.2) is 4.79 Å². The summed E-state index contributed by atoms with van der Waals surface area (Å²) in [5, 5.41) is 18.4. The minimum absolute atomic E-state index is 0.00873. The zero-order valence-electron chi connectivity index (χ0n) is 12.4. The predicted octanol–water partition coefficient (Wildman–Crippen LogP) is -0.100. The number of hydrogen-bond acceptors (Lipinski definition) is 4. The topological polar surface area (TPSA) is 84.3 Å². The summed E-state index contributed by atoms with van der Waals surface area (Å²) in [5.41, 5.74) is 0. The van der Waals surface area contributed by atoms with Crippen LogP contribution in [0.3, 0.4) is 0 Å². The third kappa shape index (κ3) is 4.97. The van der Waals surface area contributed by atoms with Crippen LogP contribution in [0.4, 0.5) is 4.79 Å². The van der Waals surface area contributed by atoms with Crippen LogP contribution in [0.15, 0.2) is 0 Å². The minimum Gasteiger partial charge on any atom is -0.481 e. The van der Waals surface area contributed by atoms with Crippen LogP contribution < -0.4 is 0 Å². The number of carbonyl (C=O) groups is 2. The largest absolute Gasteiger partial charge is 0.481 e. The highest BCUT2D eigenvalue weighted by atomic mass is 16.4. The van der Waals surface area contributed by atoms with Gasteiger partial charge in [0, 0.05) is 39.1 Å². The Bertz CT molecular complexity index is 349. The maximum absolute atomic E-state index is 12.3. The van der Waals surface area contributed by atoms with E-state index in [-0.39, 0.29) is 18.5 Å². The number of nitrogens with zero attached hydrogens (tertiary/aromatic N) is 3. The highest BCUT2D eigenvalue weighted by Crippen LogP contribution is 2.20. The number of carboxylic acids is 1. The molecule has 7 heteroatoms. The zero-order chi connectivity index (χ0) is 15.3. The van der Waals surface area contributed by atoms with Crippen molar-refractivity contribution in [1.29, 1.82) is 0 Å². The van der Waals surface area contributed by atoms with Crippen LogP contribution in [0.2, 0.25) is 0 Å². The molecular formula is C13H25N3O4. The van der Waals surface area contributed by atoms with Gasteiger partial charge in [0.25, 0.3) is 0 Å². The van der Waals surface area contributed by atoms with Crippen molar-refractivity contribution in [3.63, 3.8) is 0 Å². The lowest BCUT2D eigenvalue weighted by molar-refractivity contribution is -0.137. The fraction of sp³-hybridized carbons (Fsp3) is 0.846. The first-order valence-electron chi connectivity index (χ1n) is 6.87. The molecule has 0 aromatic rings. The van der Waals surface area contributed by atoms with Gasteiger partial charge in [-0.3, -0.25) is 4.79 Å². The second-order valence-corrected chi connectivity index (χ2v) is 5.66. The molecule has 2 amide bonds. The normalized spacial score (nSPS) is 22.4. The minimum atomic E-state index is -0.854. The maximum Gasteiger partial charge on any atom is 0.320 e. The van der Waals surface area contributed by atoms with Crippen molar-refractivity contribution in [1.82, 2.24) is 14.7 Å². The molecule has 2 atom stereocenters. The van der Waals surface area contributed by atoms with Crippen LogP contribution in [0.25, 0.3) is 0 Å². The van der Waals surface area contributed by atoms with Gasteiger partial charge in [0.05, 0.1) is 6.10 Å². The standard InChI is InChI=1S/C13H25N3O4/c1-14(2)8-10-7-11(17)9-16(10)13(20)15(3)6-4-5-12(18)19/h10-11,17H,4-9H2,1-3H3,(H,18,19). The molecule has 1 heterocycles. The van der Waals surface area contributed by atoms with Gasteiger partial charge >= 0.3 is 12.0 Å². The number of carbonyl (C=O) groups excluding carboxylic acids is 1. The third-order valence-electron chi connectivity index (χ3n) is 3.42. The number of hydrogen-bond donors (Lipinski definition) is 2. The van der Waals surface area contributed by atoms with Crippen LogP contribution in [-0.4, -0.2) is 89.8 Å². The first kappa shape index (κ1) is 16.7. The number of likely N-dealkylation sites (tertiary alicyclic amines) is 1. The van der Waals surface area contributed by atoms with Crippen LogP contribution in [0.5, 0.6) is 0 Å². The Morgan fingerprint density at radius 3 is 2.50 bits per heavy atom. The molecule has 0 spiro atoms. The van der Waals surface area contributed by atoms with Gasteiger partial charge in [0.1, 0.15) is 0 Å². The summed E-state index contributed by atoms with van der Waals surface area (Å²) in [7, 11) is 5.54. The molecule has 1 fully saturated rings. The summed E-state index contributed by atoms with van der Waals surface area (Å²) >= 11 is 0. The zero-order valence-corrected chi connectivity index (χ0v) is 12.4. The second-order valence-electron chi connectivity index (χ2n) is 5.66. The van der Waals surface area contributed by atoms with E-state index < -0.39 is 12.1 Å². The molecule has 1 rings (SSSR count). The number of aliphatic hydroxyl groups excluding tert-OH is 1. The molecule has 1 aliphatic heterocycles. The lowest BCUT2D eigenvalue weighted by atomic mass is 10.2. The van der Waals surface area contributed by atoms with Crippen molar-refractivity contribution in [2.24, 2.45) is 0 Å². The number of aliphatic hydroxyl groups is 1. The van der Waals surface area contributed by atoms with Crippen molar-refractivity contribution < 1.29 is 19.8 Å². The van der Waals surface area contributed by atoms with E-state index in [9.17, 15) is 14.7 Å². The molecule has 116 valence electrons. The molecule has 0 aliphatic carbocycles. The van der Waals surface area contributed by atoms with Gasteiger partial charge < -0.3 is 24.9 Å². The molecule has 1 aliphatic rings. The van der Waals surface area contributed by atoms with E-state index >= 15 is 0 Å². The summed E-state index contributed by atoms with van der Waals surface area (Å²) in [6.45, 7) is 1.47. The van der Waals surface area contributed by atoms with E-state index in [1.807, 2.05) is 19.0 Å². The third-order valence-corrected chi connectivity index (χ3v) is 3.42. The molecule has 0 aromatic heterocycles. The first-order valence-corrected chi connectivity index (χ1v) is 6.87. The Kier molecular flexibility index (Phi) is 6.22. The highest BCUT2D eigenvalue weighted by molar-refractivity contribution is 5.75. The van der Waals surface area contributed by atoms with Crippen molar-refractivity contribution >= 4 is 12.0 Å². The van der Waals surface area contributed by atoms with Crippen molar-refractivity contribution in [3.05, 3.63) is 0 Å². The van der Waals surface area contributed by atoms with E-state index in [1.54, 1.807) is 11.9 Å². The highest BCUT2D eigenvalue weighted by Gasteiger charge is 2.35. The lowest BCUT2D eigenvalue weighted by Crippen LogP contribution is -2.47. The quantitative estimate of drug-likeness (QED) is 0.712. The van der Waals surface area contributed by atoms with E-state index in [2.05, 4.69) is 0 Å². The van der Waals surface area contributed by atoms with Gasteiger partial charge in [-0.05, 0) is 26.9 Å². The SMILES string of the molecule is CN(C)CC1CC(O)CN1C(=O)N(C)CCCC(=O)O. The van der Waals surface area contributed by atoms with Gasteiger partial charge in [-0.15, -0.1) is 0 Å². The van der Waals surface area contributed by atoms with Gasteiger partial charge in [0.2, 0.25) is 0 Å². The summed E-state index contributed by atoms with van der Waals surface area (Å²) < 4.78 is 0. The van der Waals surface area contributed by atoms with E-state index in [0.717, 1.165) is 0 Å². The summed E-state index contributed by atoms with van der Waals surface area (Å²) in [6, 6.07) is -0.131. The van der Waals surface area contributed by atoms with E-state index in [4.69, 9.17) is 5.11 Å².